The van der Waals surface area contributed by atoms with Gasteiger partial charge in [0.05, 0.1) is 6.42 Å². The first kappa shape index (κ1) is 29.9. The molecule has 13 heteroatoms. The molecule has 212 valence electrons. The number of alkyl halides is 4. The Morgan fingerprint density at radius 2 is 1.74 bits per heavy atom. The number of nitrogens with one attached hydrogen (secondary N) is 3. The smallest absolute Gasteiger partial charge is 0.342 e. The van der Waals surface area contributed by atoms with Gasteiger partial charge in [-0.15, -0.1) is 0 Å². The van der Waals surface area contributed by atoms with Crippen LogP contribution in [0.25, 0.3) is 4.85 Å². The molecule has 39 heavy (non-hydrogen) atoms. The molecule has 2 aliphatic heterocycles. The lowest BCUT2D eigenvalue weighted by Gasteiger charge is -2.33. The fourth-order valence-corrected chi connectivity index (χ4v) is 5.00. The maximum atomic E-state index is 14.8. The second kappa shape index (κ2) is 10.1. The average Bonchev–Trinajstić information content (AvgIpc) is 3.32. The molecule has 0 unspecified atom stereocenters. The highest BCUT2D eigenvalue weighted by Crippen LogP contribution is 2.46. The predicted octanol–water partition coefficient (Wildman–Crippen LogP) is 3.11. The third-order valence-electron chi connectivity index (χ3n) is 6.88. The molecule has 4 amide bonds. The highest BCUT2D eigenvalue weighted by Gasteiger charge is 2.60. The summed E-state index contributed by atoms with van der Waals surface area (Å²) in [6.45, 7) is 12.0. The van der Waals surface area contributed by atoms with E-state index in [0.29, 0.717) is 11.3 Å². The van der Waals surface area contributed by atoms with Crippen molar-refractivity contribution in [2.75, 3.05) is 11.9 Å². The quantitative estimate of drug-likeness (QED) is 0.469. The molecule has 3 N–H and O–H groups in total. The number of rotatable bonds is 6. The summed E-state index contributed by atoms with van der Waals surface area (Å²) in [5.74, 6) is -4.64. The Morgan fingerprint density at radius 1 is 1.13 bits per heavy atom. The number of likely N-dealkylation sites (tertiary alicyclic amines) is 1. The fourth-order valence-electron chi connectivity index (χ4n) is 5.00. The standard InChI is InChI=1S/C26H31F4N5O4/c1-23(2,3)18(34-22(39)26(28,29)30)19(36)32-16(11-24(4,5)27)20(37)35-13-25(12-17(35)31-6)14-9-7-8-10-15(14)33-21(25)38/h6-10,16-18H,11-13H2,1-5H3,(H2-,32,33,34,36,38,39)/p+1/t16-,17-,18+,25-/m0/s1. The van der Waals surface area contributed by atoms with Gasteiger partial charge in [-0.2, -0.15) is 13.2 Å². The fraction of sp³-hybridized carbons (Fsp3) is 0.577. The van der Waals surface area contributed by atoms with Crippen molar-refractivity contribution >= 4 is 29.3 Å². The minimum atomic E-state index is -5.25. The monoisotopic (exact) mass is 554 g/mol. The van der Waals surface area contributed by atoms with Crippen molar-refractivity contribution in [2.24, 2.45) is 5.41 Å². The largest absolute Gasteiger partial charge is 0.471 e. The number of halogens is 4. The zero-order chi connectivity index (χ0) is 29.6. The Morgan fingerprint density at radius 3 is 2.28 bits per heavy atom. The molecule has 0 bridgehead atoms. The minimum Gasteiger partial charge on any atom is -0.342 e. The number of nitrogens with zero attached hydrogens (tertiary/aromatic N) is 2. The summed E-state index contributed by atoms with van der Waals surface area (Å²) >= 11 is 0. The van der Waals surface area contributed by atoms with Gasteiger partial charge in [-0.05, 0) is 30.9 Å². The van der Waals surface area contributed by atoms with E-state index in [2.05, 4.69) is 15.5 Å². The van der Waals surface area contributed by atoms with E-state index < -0.39 is 65.1 Å². The van der Waals surface area contributed by atoms with E-state index in [1.807, 2.05) is 0 Å². The molecule has 0 aliphatic carbocycles. The number of benzene rings is 1. The van der Waals surface area contributed by atoms with Crippen molar-refractivity contribution in [2.45, 2.75) is 83.0 Å². The molecule has 0 radical (unpaired) electrons. The predicted molar refractivity (Wildman–Crippen MR) is 134 cm³/mol. The SMILES string of the molecule is C#[N+][C@@H]1C[C@@]2(CN1C(=O)[C@H](CC(C)(C)F)NC(=O)[C@@H](NC(=O)C(F)(F)F)C(C)(C)C)C(=O)Nc1ccccc12. The maximum absolute atomic E-state index is 14.8. The zero-order valence-electron chi connectivity index (χ0n) is 22.3. The molecule has 1 fully saturated rings. The maximum Gasteiger partial charge on any atom is 0.471 e. The molecular weight excluding hydrogens is 522 g/mol. The van der Waals surface area contributed by atoms with E-state index in [-0.39, 0.29) is 18.9 Å². The van der Waals surface area contributed by atoms with Crippen LogP contribution in [0.5, 0.6) is 0 Å². The van der Waals surface area contributed by atoms with Gasteiger partial charge >= 0.3 is 18.2 Å². The van der Waals surface area contributed by atoms with Crippen LogP contribution in [0.1, 0.15) is 53.0 Å². The molecular formula is C26H32F4N5O4+. The summed E-state index contributed by atoms with van der Waals surface area (Å²) in [6, 6.07) is 3.63. The second-order valence-electron chi connectivity index (χ2n) is 11.6. The number of amides is 4. The van der Waals surface area contributed by atoms with Crippen LogP contribution < -0.4 is 16.0 Å². The Balaban J connectivity index is 1.93. The van der Waals surface area contributed by atoms with Crippen molar-refractivity contribution in [3.8, 4) is 6.57 Å². The summed E-state index contributed by atoms with van der Waals surface area (Å²) in [4.78, 5) is 56.5. The molecule has 0 aromatic heterocycles. The van der Waals surface area contributed by atoms with Crippen LogP contribution in [-0.2, 0) is 24.6 Å². The van der Waals surface area contributed by atoms with E-state index >= 15 is 0 Å². The van der Waals surface area contributed by atoms with Crippen LogP contribution in [-0.4, -0.2) is 65.2 Å². The lowest BCUT2D eigenvalue weighted by Crippen LogP contribution is -2.60. The van der Waals surface area contributed by atoms with Crippen molar-refractivity contribution in [3.05, 3.63) is 34.7 Å². The lowest BCUT2D eigenvalue weighted by molar-refractivity contribution is -0.175. The molecule has 1 aromatic carbocycles. The number of carbonyl (C=O) groups excluding carboxylic acids is 4. The average molecular weight is 555 g/mol. The van der Waals surface area contributed by atoms with Crippen LogP contribution in [0, 0.1) is 12.0 Å². The van der Waals surface area contributed by atoms with Crippen molar-refractivity contribution in [3.63, 3.8) is 0 Å². The van der Waals surface area contributed by atoms with E-state index in [0.717, 1.165) is 0 Å². The first-order chi connectivity index (χ1) is 17.8. The number of fused-ring (bicyclic) bond motifs is 2. The zero-order valence-corrected chi connectivity index (χ0v) is 22.3. The van der Waals surface area contributed by atoms with E-state index in [1.54, 1.807) is 29.6 Å². The Bertz CT molecular complexity index is 1210. The number of para-hydroxylation sites is 1. The van der Waals surface area contributed by atoms with E-state index in [1.165, 1.54) is 39.5 Å². The second-order valence-corrected chi connectivity index (χ2v) is 11.6. The summed E-state index contributed by atoms with van der Waals surface area (Å²) in [5.41, 5.74) is -3.19. The van der Waals surface area contributed by atoms with Crippen LogP contribution in [0.4, 0.5) is 23.2 Å². The van der Waals surface area contributed by atoms with Gasteiger partial charge in [0, 0.05) is 18.7 Å². The van der Waals surface area contributed by atoms with Gasteiger partial charge in [-0.3, -0.25) is 24.1 Å². The first-order valence-corrected chi connectivity index (χ1v) is 12.3. The number of carbonyl (C=O) groups is 4. The molecule has 2 heterocycles. The summed E-state index contributed by atoms with van der Waals surface area (Å²) < 4.78 is 53.6. The van der Waals surface area contributed by atoms with Gasteiger partial charge in [-0.25, -0.2) is 4.39 Å². The Kier molecular flexibility index (Phi) is 7.75. The van der Waals surface area contributed by atoms with E-state index in [9.17, 15) is 36.7 Å². The molecule has 1 aromatic rings. The molecule has 2 aliphatic rings. The van der Waals surface area contributed by atoms with Crippen molar-refractivity contribution in [1.29, 1.82) is 0 Å². The summed E-state index contributed by atoms with van der Waals surface area (Å²) in [6.07, 6.45) is -6.77. The number of hydrogen-bond donors (Lipinski definition) is 3. The summed E-state index contributed by atoms with van der Waals surface area (Å²) in [5, 5.41) is 6.77. The van der Waals surface area contributed by atoms with Gasteiger partial charge in [0.15, 0.2) is 0 Å². The van der Waals surface area contributed by atoms with Crippen LogP contribution in [0.3, 0.4) is 0 Å². The Labute approximate surface area is 223 Å². The first-order valence-electron chi connectivity index (χ1n) is 12.3. The van der Waals surface area contributed by atoms with Crippen LogP contribution >= 0.6 is 0 Å². The lowest BCUT2D eigenvalue weighted by atomic mass is 9.80. The molecule has 4 atom stereocenters. The van der Waals surface area contributed by atoms with Gasteiger partial charge in [0.2, 0.25) is 11.8 Å². The van der Waals surface area contributed by atoms with Crippen molar-refractivity contribution < 1.29 is 36.7 Å². The third kappa shape index (κ3) is 6.15. The van der Waals surface area contributed by atoms with Gasteiger partial charge in [0.1, 0.15) is 23.2 Å². The normalized spacial score (nSPS) is 22.5. The number of hydrogen-bond acceptors (Lipinski definition) is 4. The van der Waals surface area contributed by atoms with Crippen LogP contribution in [0.2, 0.25) is 0 Å². The molecule has 0 saturated carbocycles. The minimum absolute atomic E-state index is 0.0318. The highest BCUT2D eigenvalue weighted by atomic mass is 19.4. The topological polar surface area (TPSA) is 112 Å². The molecule has 1 saturated heterocycles. The number of anilines is 1. The van der Waals surface area contributed by atoms with E-state index in [4.69, 9.17) is 6.57 Å². The highest BCUT2D eigenvalue weighted by molar-refractivity contribution is 6.07. The molecule has 3 rings (SSSR count). The van der Waals surface area contributed by atoms with Crippen LogP contribution in [0.15, 0.2) is 24.3 Å². The Hall–Kier alpha value is -3.69. The van der Waals surface area contributed by atoms with Gasteiger partial charge in [0.25, 0.3) is 12.5 Å². The van der Waals surface area contributed by atoms with Gasteiger partial charge < -0.3 is 16.0 Å². The molecule has 9 nitrogen and oxygen atoms in total. The third-order valence-corrected chi connectivity index (χ3v) is 6.88. The van der Waals surface area contributed by atoms with Crippen molar-refractivity contribution in [1.82, 2.24) is 15.5 Å². The van der Waals surface area contributed by atoms with Gasteiger partial charge in [-0.1, -0.05) is 43.8 Å². The molecule has 1 spiro atoms. The summed E-state index contributed by atoms with van der Waals surface area (Å²) in [7, 11) is 0.